The van der Waals surface area contributed by atoms with E-state index in [4.69, 9.17) is 14.2 Å². The summed E-state index contributed by atoms with van der Waals surface area (Å²) in [5.41, 5.74) is 0. The summed E-state index contributed by atoms with van der Waals surface area (Å²) in [6.07, 6.45) is 87.6. The Morgan fingerprint density at radius 1 is 0.259 bits per heavy atom. The molecule has 0 aromatic carbocycles. The van der Waals surface area contributed by atoms with Crippen molar-refractivity contribution >= 4 is 17.9 Å². The summed E-state index contributed by atoms with van der Waals surface area (Å²) in [4.78, 5) is 38.5. The van der Waals surface area contributed by atoms with Crippen LogP contribution >= 0.6 is 0 Å². The van der Waals surface area contributed by atoms with Crippen LogP contribution in [-0.4, -0.2) is 37.2 Å². The first kappa shape index (κ1) is 78.6. The summed E-state index contributed by atoms with van der Waals surface area (Å²) < 4.78 is 17.0. The van der Waals surface area contributed by atoms with Crippen LogP contribution in [0.3, 0.4) is 0 Å². The van der Waals surface area contributed by atoms with Crippen LogP contribution < -0.4 is 0 Å². The first-order valence-electron chi connectivity index (χ1n) is 36.5. The van der Waals surface area contributed by atoms with E-state index in [1.807, 2.05) is 0 Å². The van der Waals surface area contributed by atoms with Crippen LogP contribution in [0.4, 0.5) is 0 Å². The van der Waals surface area contributed by atoms with E-state index in [2.05, 4.69) is 57.2 Å². The van der Waals surface area contributed by atoms with Gasteiger partial charge in [-0.2, -0.15) is 0 Å². The first-order valence-corrected chi connectivity index (χ1v) is 36.5. The van der Waals surface area contributed by atoms with Crippen LogP contribution in [0.5, 0.6) is 0 Å². The van der Waals surface area contributed by atoms with E-state index in [0.717, 1.165) is 96.3 Å². The van der Waals surface area contributed by atoms with Gasteiger partial charge in [0.25, 0.3) is 0 Å². The second kappa shape index (κ2) is 70.1. The molecule has 0 aromatic heterocycles. The molecule has 6 heteroatoms. The van der Waals surface area contributed by atoms with Gasteiger partial charge in [0.05, 0.1) is 0 Å². The second-order valence-electron chi connectivity index (χ2n) is 24.8. The average molecular weight is 1140 g/mol. The third kappa shape index (κ3) is 68.3. The molecule has 0 bridgehead atoms. The fourth-order valence-electron chi connectivity index (χ4n) is 11.2. The molecule has 0 heterocycles. The summed E-state index contributed by atoms with van der Waals surface area (Å²) in [6, 6.07) is 0. The minimum atomic E-state index is -0.777. The molecule has 0 N–H and O–H groups in total. The summed E-state index contributed by atoms with van der Waals surface area (Å²) >= 11 is 0. The summed E-state index contributed by atoms with van der Waals surface area (Å²) in [5, 5.41) is 0. The molecule has 1 unspecified atom stereocenters. The van der Waals surface area contributed by atoms with Crippen LogP contribution in [0.15, 0.2) is 36.5 Å². The van der Waals surface area contributed by atoms with Gasteiger partial charge in [-0.15, -0.1) is 0 Å². The van der Waals surface area contributed by atoms with Gasteiger partial charge in [0.15, 0.2) is 6.10 Å². The van der Waals surface area contributed by atoms with Crippen molar-refractivity contribution in [3.63, 3.8) is 0 Å². The Balaban J connectivity index is 4.25. The highest BCUT2D eigenvalue weighted by atomic mass is 16.6. The molecule has 476 valence electrons. The fraction of sp³-hybridized carbons (Fsp3) is 0.880. The lowest BCUT2D eigenvalue weighted by Crippen LogP contribution is -2.30. The van der Waals surface area contributed by atoms with E-state index in [9.17, 15) is 14.4 Å². The molecule has 1 atom stereocenters. The van der Waals surface area contributed by atoms with Gasteiger partial charge >= 0.3 is 17.9 Å². The summed E-state index contributed by atoms with van der Waals surface area (Å²) in [6.45, 7) is 6.60. The smallest absolute Gasteiger partial charge is 0.306 e. The number of hydrogen-bond acceptors (Lipinski definition) is 6. The molecule has 0 amide bonds. The molecule has 0 radical (unpaired) electrons. The quantitative estimate of drug-likeness (QED) is 0.0261. The van der Waals surface area contributed by atoms with Crippen molar-refractivity contribution in [3.8, 4) is 0 Å². The zero-order valence-corrected chi connectivity index (χ0v) is 54.8. The predicted molar refractivity (Wildman–Crippen MR) is 353 cm³/mol. The third-order valence-electron chi connectivity index (χ3n) is 16.7. The monoisotopic (exact) mass is 1140 g/mol. The van der Waals surface area contributed by atoms with Gasteiger partial charge in [-0.05, 0) is 51.4 Å². The van der Waals surface area contributed by atoms with Crippen molar-refractivity contribution in [1.29, 1.82) is 0 Å². The van der Waals surface area contributed by atoms with Gasteiger partial charge in [-0.25, -0.2) is 0 Å². The Morgan fingerprint density at radius 2 is 0.481 bits per heavy atom. The maximum atomic E-state index is 13.0. The lowest BCUT2D eigenvalue weighted by Gasteiger charge is -2.18. The summed E-state index contributed by atoms with van der Waals surface area (Å²) in [5.74, 6) is -0.857. The molecule has 0 saturated carbocycles. The van der Waals surface area contributed by atoms with Gasteiger partial charge in [-0.3, -0.25) is 14.4 Å². The lowest BCUT2D eigenvalue weighted by molar-refractivity contribution is -0.167. The van der Waals surface area contributed by atoms with E-state index >= 15 is 0 Å². The molecule has 0 aliphatic rings. The molecule has 0 aliphatic heterocycles. The first-order chi connectivity index (χ1) is 40.0. The maximum absolute atomic E-state index is 13.0. The third-order valence-corrected chi connectivity index (χ3v) is 16.7. The Kier molecular flexibility index (Phi) is 68.1. The van der Waals surface area contributed by atoms with Crippen LogP contribution in [0.25, 0.3) is 0 Å². The highest BCUT2D eigenvalue weighted by Gasteiger charge is 2.19. The molecule has 0 aromatic rings. The topological polar surface area (TPSA) is 78.9 Å². The Labute approximate surface area is 506 Å². The highest BCUT2D eigenvalue weighted by molar-refractivity contribution is 5.71. The van der Waals surface area contributed by atoms with Crippen LogP contribution in [-0.2, 0) is 28.6 Å². The van der Waals surface area contributed by atoms with Crippen LogP contribution in [0, 0.1) is 0 Å². The number of esters is 3. The van der Waals surface area contributed by atoms with E-state index in [1.54, 1.807) is 0 Å². The number of carbonyl (C=O) groups excluding carboxylic acids is 3. The van der Waals surface area contributed by atoms with Gasteiger partial charge in [0, 0.05) is 19.3 Å². The van der Waals surface area contributed by atoms with E-state index in [0.29, 0.717) is 19.3 Å². The van der Waals surface area contributed by atoms with Gasteiger partial charge in [0.2, 0.25) is 0 Å². The fourth-order valence-corrected chi connectivity index (χ4v) is 11.2. The van der Waals surface area contributed by atoms with E-state index in [1.165, 1.54) is 270 Å². The standard InChI is InChI=1S/C75H140O6/c1-4-7-10-13-16-19-22-25-28-30-32-34-36-38-40-42-44-47-50-53-56-59-62-65-68-74(77)80-71-72(70-79-73(76)67-64-61-58-55-52-49-46-27-24-21-18-15-12-9-6-3)81-75(78)69-66-63-60-57-54-51-48-45-43-41-39-37-35-33-31-29-26-23-20-17-14-11-8-5-2/h9,12,18,21,27,46,72H,4-8,10-11,13-17,19-20,22-26,28-45,47-71H2,1-3H3/b12-9-,21-18-,46-27-. The molecule has 0 rings (SSSR count). The lowest BCUT2D eigenvalue weighted by atomic mass is 10.0. The minimum Gasteiger partial charge on any atom is -0.462 e. The van der Waals surface area contributed by atoms with E-state index in [-0.39, 0.29) is 31.1 Å². The van der Waals surface area contributed by atoms with Crippen molar-refractivity contribution in [2.75, 3.05) is 13.2 Å². The molecular weight excluding hydrogens is 997 g/mol. The van der Waals surface area contributed by atoms with Gasteiger partial charge in [0.1, 0.15) is 13.2 Å². The van der Waals surface area contributed by atoms with Gasteiger partial charge in [-0.1, -0.05) is 372 Å². The number of carbonyl (C=O) groups is 3. The normalized spacial score (nSPS) is 12.2. The number of ether oxygens (including phenoxy) is 3. The molecule has 0 fully saturated rings. The molecule has 6 nitrogen and oxygen atoms in total. The molecular formula is C75H140O6. The largest absolute Gasteiger partial charge is 0.462 e. The molecule has 81 heavy (non-hydrogen) atoms. The minimum absolute atomic E-state index is 0.0717. The molecule has 0 saturated heterocycles. The SMILES string of the molecule is CC/C=C\C/C=C\C/C=C\CCCCCCCC(=O)OCC(COC(=O)CCCCCCCCCCCCCCCCCCCCCCCCCC)OC(=O)CCCCCCCCCCCCCCCCCCCCCCCCCC. The molecule has 0 spiro atoms. The molecule has 0 aliphatic carbocycles. The Bertz CT molecular complexity index is 1350. The Morgan fingerprint density at radius 3 is 0.753 bits per heavy atom. The average Bonchev–Trinajstić information content (AvgIpc) is 3.47. The highest BCUT2D eigenvalue weighted by Crippen LogP contribution is 2.19. The van der Waals surface area contributed by atoms with Crippen molar-refractivity contribution in [2.45, 2.75) is 412 Å². The van der Waals surface area contributed by atoms with Crippen LogP contribution in [0.2, 0.25) is 0 Å². The second-order valence-corrected chi connectivity index (χ2v) is 24.8. The maximum Gasteiger partial charge on any atom is 0.306 e. The van der Waals surface area contributed by atoms with Gasteiger partial charge < -0.3 is 14.2 Å². The number of allylic oxidation sites excluding steroid dienone is 6. The number of hydrogen-bond donors (Lipinski definition) is 0. The number of unbranched alkanes of at least 4 members (excludes halogenated alkanes) is 51. The number of rotatable bonds is 68. The van der Waals surface area contributed by atoms with Crippen molar-refractivity contribution in [3.05, 3.63) is 36.5 Å². The zero-order chi connectivity index (χ0) is 58.5. The summed E-state index contributed by atoms with van der Waals surface area (Å²) in [7, 11) is 0. The van der Waals surface area contributed by atoms with E-state index < -0.39 is 6.10 Å². The zero-order valence-electron chi connectivity index (χ0n) is 54.8. The van der Waals surface area contributed by atoms with Crippen LogP contribution in [0.1, 0.15) is 406 Å². The Hall–Kier alpha value is -2.37. The van der Waals surface area contributed by atoms with Crippen molar-refractivity contribution < 1.29 is 28.6 Å². The van der Waals surface area contributed by atoms with Crippen molar-refractivity contribution in [1.82, 2.24) is 0 Å². The predicted octanol–water partition coefficient (Wildman–Crippen LogP) is 25.1. The van der Waals surface area contributed by atoms with Crippen molar-refractivity contribution in [2.24, 2.45) is 0 Å².